The van der Waals surface area contributed by atoms with Crippen molar-refractivity contribution in [2.24, 2.45) is 5.92 Å². The van der Waals surface area contributed by atoms with E-state index in [2.05, 4.69) is 5.32 Å². The molecule has 0 unspecified atom stereocenters. The van der Waals surface area contributed by atoms with E-state index in [0.717, 1.165) is 0 Å². The van der Waals surface area contributed by atoms with Crippen LogP contribution < -0.4 is 10.1 Å². The van der Waals surface area contributed by atoms with Gasteiger partial charge in [0.25, 0.3) is 0 Å². The third-order valence-corrected chi connectivity index (χ3v) is 7.13. The van der Waals surface area contributed by atoms with Crippen molar-refractivity contribution in [3.8, 4) is 5.75 Å². The highest BCUT2D eigenvalue weighted by Gasteiger charge is 2.74. The van der Waals surface area contributed by atoms with E-state index in [1.165, 1.54) is 11.4 Å². The van der Waals surface area contributed by atoms with Crippen LogP contribution in [0.1, 0.15) is 13.3 Å². The van der Waals surface area contributed by atoms with Gasteiger partial charge in [-0.25, -0.2) is 17.5 Å². The summed E-state index contributed by atoms with van der Waals surface area (Å²) < 4.78 is 34.6. The minimum absolute atomic E-state index is 0.144. The van der Waals surface area contributed by atoms with Gasteiger partial charge in [-0.05, 0) is 37.6 Å². The lowest BCUT2D eigenvalue weighted by molar-refractivity contribution is -0.145. The summed E-state index contributed by atoms with van der Waals surface area (Å²) in [6.07, 6.45) is 0.367. The van der Waals surface area contributed by atoms with Gasteiger partial charge in [0.05, 0.1) is 6.61 Å². The Labute approximate surface area is 146 Å². The SMILES string of the molecule is CCOC(=O)COc1ccc(NC(=O)[C@@]23C[C@H]2CN(C)S3(=O)=O)cc1. The smallest absolute Gasteiger partial charge is 0.344 e. The molecule has 8 nitrogen and oxygen atoms in total. The number of fused-ring (bicyclic) bond motifs is 1. The number of anilines is 1. The molecule has 1 aliphatic carbocycles. The summed E-state index contributed by atoms with van der Waals surface area (Å²) in [5.41, 5.74) is 0.471. The average Bonchev–Trinajstić information content (AvgIpc) is 3.25. The minimum atomic E-state index is -3.60. The van der Waals surface area contributed by atoms with Crippen molar-refractivity contribution in [2.75, 3.05) is 32.1 Å². The third kappa shape index (κ3) is 2.98. The second kappa shape index (κ2) is 6.30. The monoisotopic (exact) mass is 368 g/mol. The summed E-state index contributed by atoms with van der Waals surface area (Å²) in [6, 6.07) is 6.37. The van der Waals surface area contributed by atoms with Crippen LogP contribution in [0.4, 0.5) is 5.69 Å². The molecule has 1 aromatic carbocycles. The number of hydrogen-bond acceptors (Lipinski definition) is 6. The molecule has 9 heteroatoms. The zero-order valence-electron chi connectivity index (χ0n) is 14.0. The van der Waals surface area contributed by atoms with E-state index in [4.69, 9.17) is 9.47 Å². The van der Waals surface area contributed by atoms with E-state index in [-0.39, 0.29) is 19.1 Å². The fourth-order valence-corrected chi connectivity index (χ4v) is 5.26. The predicted molar refractivity (Wildman–Crippen MR) is 89.6 cm³/mol. The summed E-state index contributed by atoms with van der Waals surface area (Å²) in [4.78, 5) is 23.7. The standard InChI is InChI=1S/C16H20N2O6S/c1-3-23-14(19)10-24-13-6-4-12(5-7-13)17-15(20)16-8-11(16)9-18(2)25(16,21)22/h4-7,11H,3,8-10H2,1-2H3,(H,17,20)/t11-,16+/m0/s1. The molecule has 3 rings (SSSR count). The van der Waals surface area contributed by atoms with Crippen LogP contribution in [-0.2, 0) is 24.3 Å². The van der Waals surface area contributed by atoms with E-state index < -0.39 is 26.6 Å². The van der Waals surface area contributed by atoms with Crippen LogP contribution in [0.5, 0.6) is 5.75 Å². The van der Waals surface area contributed by atoms with Crippen LogP contribution in [-0.4, -0.2) is 56.2 Å². The molecule has 1 heterocycles. The fourth-order valence-electron chi connectivity index (χ4n) is 3.13. The summed E-state index contributed by atoms with van der Waals surface area (Å²) in [5, 5.41) is 2.66. The van der Waals surface area contributed by atoms with Crippen molar-refractivity contribution in [1.29, 1.82) is 0 Å². The molecule has 1 amide bonds. The first-order chi connectivity index (χ1) is 11.8. The largest absolute Gasteiger partial charge is 0.482 e. The lowest BCUT2D eigenvalue weighted by atomic mass is 10.2. The maximum Gasteiger partial charge on any atom is 0.344 e. The van der Waals surface area contributed by atoms with Crippen LogP contribution in [0.2, 0.25) is 0 Å². The van der Waals surface area contributed by atoms with E-state index in [1.807, 2.05) is 0 Å². The van der Waals surface area contributed by atoms with Crippen molar-refractivity contribution in [1.82, 2.24) is 4.31 Å². The second-order valence-corrected chi connectivity index (χ2v) is 8.45. The number of amides is 1. The molecule has 1 saturated carbocycles. The first-order valence-corrected chi connectivity index (χ1v) is 9.41. The van der Waals surface area contributed by atoms with Crippen molar-refractivity contribution in [2.45, 2.75) is 18.1 Å². The van der Waals surface area contributed by atoms with Crippen LogP contribution in [0.25, 0.3) is 0 Å². The van der Waals surface area contributed by atoms with E-state index >= 15 is 0 Å². The summed E-state index contributed by atoms with van der Waals surface area (Å²) in [7, 11) is -2.10. The number of nitrogens with zero attached hydrogens (tertiary/aromatic N) is 1. The molecular formula is C16H20N2O6S. The van der Waals surface area contributed by atoms with E-state index in [9.17, 15) is 18.0 Å². The van der Waals surface area contributed by atoms with E-state index in [0.29, 0.717) is 24.4 Å². The van der Waals surface area contributed by atoms with Gasteiger partial charge in [0.15, 0.2) is 11.4 Å². The Morgan fingerprint density at radius 1 is 1.32 bits per heavy atom. The predicted octanol–water partition coefficient (Wildman–Crippen LogP) is 0.601. The molecule has 0 bridgehead atoms. The van der Waals surface area contributed by atoms with Gasteiger partial charge in [0, 0.05) is 25.2 Å². The van der Waals surface area contributed by atoms with Gasteiger partial charge in [-0.1, -0.05) is 0 Å². The summed E-state index contributed by atoms with van der Waals surface area (Å²) in [6.45, 7) is 2.18. The number of esters is 1. The van der Waals surface area contributed by atoms with Crippen molar-refractivity contribution >= 4 is 27.6 Å². The lowest BCUT2D eigenvalue weighted by Gasteiger charge is -2.17. The van der Waals surface area contributed by atoms with Crippen LogP contribution in [0.3, 0.4) is 0 Å². The number of benzene rings is 1. The quantitative estimate of drug-likeness (QED) is 0.738. The van der Waals surface area contributed by atoms with E-state index in [1.54, 1.807) is 31.2 Å². The van der Waals surface area contributed by atoms with Crippen molar-refractivity contribution in [3.63, 3.8) is 0 Å². The van der Waals surface area contributed by atoms with Gasteiger partial charge >= 0.3 is 5.97 Å². The van der Waals surface area contributed by atoms with Crippen LogP contribution >= 0.6 is 0 Å². The number of carbonyl (C=O) groups excluding carboxylic acids is 2. The molecule has 1 aliphatic heterocycles. The Kier molecular flexibility index (Phi) is 4.46. The van der Waals surface area contributed by atoms with Crippen LogP contribution in [0.15, 0.2) is 24.3 Å². The molecule has 0 aromatic heterocycles. The second-order valence-electron chi connectivity index (χ2n) is 6.15. The average molecular weight is 368 g/mol. The van der Waals surface area contributed by atoms with Gasteiger partial charge in [-0.2, -0.15) is 0 Å². The number of sulfonamides is 1. The fraction of sp³-hybridized carbons (Fsp3) is 0.500. The highest BCUT2D eigenvalue weighted by Crippen LogP contribution is 2.57. The Balaban J connectivity index is 1.61. The molecule has 1 aromatic rings. The highest BCUT2D eigenvalue weighted by molar-refractivity contribution is 7.92. The molecule has 2 aliphatic rings. The Bertz CT molecular complexity index is 791. The van der Waals surface area contributed by atoms with Gasteiger partial charge in [-0.15, -0.1) is 0 Å². The molecule has 0 radical (unpaired) electrons. The Hall–Kier alpha value is -2.13. The van der Waals surface area contributed by atoms with Gasteiger partial charge in [-0.3, -0.25) is 4.79 Å². The number of carbonyl (C=O) groups is 2. The topological polar surface area (TPSA) is 102 Å². The molecule has 0 spiro atoms. The minimum Gasteiger partial charge on any atom is -0.482 e. The molecule has 1 N–H and O–H groups in total. The maximum atomic E-state index is 12.5. The molecule has 2 atom stereocenters. The van der Waals surface area contributed by atoms with Gasteiger partial charge in [0.1, 0.15) is 5.75 Å². The van der Waals surface area contributed by atoms with Crippen LogP contribution in [0, 0.1) is 5.92 Å². The van der Waals surface area contributed by atoms with Gasteiger partial charge in [0.2, 0.25) is 15.9 Å². The molecule has 25 heavy (non-hydrogen) atoms. The zero-order chi connectivity index (χ0) is 18.2. The summed E-state index contributed by atoms with van der Waals surface area (Å²) in [5.74, 6) is -0.659. The Morgan fingerprint density at radius 2 is 2.00 bits per heavy atom. The number of nitrogens with one attached hydrogen (secondary N) is 1. The normalized spacial score (nSPS) is 26.6. The third-order valence-electron chi connectivity index (χ3n) is 4.56. The highest BCUT2D eigenvalue weighted by atomic mass is 32.2. The first kappa shape index (κ1) is 17.7. The first-order valence-electron chi connectivity index (χ1n) is 7.97. The molecular weight excluding hydrogens is 348 g/mol. The molecule has 2 fully saturated rings. The number of rotatable bonds is 6. The summed E-state index contributed by atoms with van der Waals surface area (Å²) >= 11 is 0. The zero-order valence-corrected chi connectivity index (χ0v) is 14.8. The number of hydrogen-bond donors (Lipinski definition) is 1. The maximum absolute atomic E-state index is 12.5. The lowest BCUT2D eigenvalue weighted by Crippen LogP contribution is -2.40. The van der Waals surface area contributed by atoms with Crippen molar-refractivity contribution in [3.05, 3.63) is 24.3 Å². The molecule has 136 valence electrons. The van der Waals surface area contributed by atoms with Crippen molar-refractivity contribution < 1.29 is 27.5 Å². The Morgan fingerprint density at radius 3 is 2.56 bits per heavy atom. The van der Waals surface area contributed by atoms with Gasteiger partial charge < -0.3 is 14.8 Å². The number of ether oxygens (including phenoxy) is 2. The molecule has 1 saturated heterocycles.